The molecular weight excluding hydrogens is 228 g/mol. The molecule has 0 saturated heterocycles. The third kappa shape index (κ3) is 3.41. The zero-order chi connectivity index (χ0) is 12.8. The number of rotatable bonds is 5. The summed E-state index contributed by atoms with van der Waals surface area (Å²) in [4.78, 5) is 11.7. The summed E-state index contributed by atoms with van der Waals surface area (Å²) in [5, 5.41) is 12.7. The second-order valence-corrected chi connectivity index (χ2v) is 4.25. The van der Waals surface area contributed by atoms with Crippen LogP contribution >= 0.6 is 0 Å². The summed E-state index contributed by atoms with van der Waals surface area (Å²) in [6, 6.07) is 10.3. The van der Waals surface area contributed by atoms with Gasteiger partial charge in [0.1, 0.15) is 0 Å². The van der Waals surface area contributed by atoms with E-state index in [2.05, 4.69) is 32.9 Å². The monoisotopic (exact) mass is 244 g/mol. The van der Waals surface area contributed by atoms with Gasteiger partial charge in [-0.3, -0.25) is 4.79 Å². The van der Waals surface area contributed by atoms with Crippen molar-refractivity contribution in [3.05, 3.63) is 47.8 Å². The van der Waals surface area contributed by atoms with Gasteiger partial charge in [0.25, 0.3) is 5.91 Å². The Kier molecular flexibility index (Phi) is 4.06. The van der Waals surface area contributed by atoms with Gasteiger partial charge in [-0.1, -0.05) is 30.3 Å². The van der Waals surface area contributed by atoms with Crippen LogP contribution in [0.15, 0.2) is 36.5 Å². The molecule has 0 aliphatic carbocycles. The molecule has 0 fully saturated rings. The number of benzene rings is 1. The van der Waals surface area contributed by atoms with Crippen LogP contribution in [0.3, 0.4) is 0 Å². The third-order valence-electron chi connectivity index (χ3n) is 2.73. The van der Waals surface area contributed by atoms with Gasteiger partial charge in [-0.25, -0.2) is 0 Å². The van der Waals surface area contributed by atoms with Gasteiger partial charge in [0.15, 0.2) is 5.69 Å². The lowest BCUT2D eigenvalue weighted by Gasteiger charge is -2.12. The average Bonchev–Trinajstić information content (AvgIpc) is 2.91. The van der Waals surface area contributed by atoms with E-state index in [1.807, 2.05) is 25.1 Å². The fourth-order valence-electron chi connectivity index (χ4n) is 1.71. The number of aromatic amines is 1. The van der Waals surface area contributed by atoms with E-state index in [0.29, 0.717) is 5.69 Å². The number of hydrogen-bond donors (Lipinski definition) is 2. The normalized spacial score (nSPS) is 12.1. The number of nitrogens with one attached hydrogen (secondary N) is 2. The second kappa shape index (κ2) is 5.95. The molecule has 18 heavy (non-hydrogen) atoms. The van der Waals surface area contributed by atoms with Crippen molar-refractivity contribution in [1.29, 1.82) is 0 Å². The van der Waals surface area contributed by atoms with Gasteiger partial charge in [0.2, 0.25) is 0 Å². The smallest absolute Gasteiger partial charge is 0.273 e. The van der Waals surface area contributed by atoms with Crippen molar-refractivity contribution in [1.82, 2.24) is 20.7 Å². The lowest BCUT2D eigenvalue weighted by molar-refractivity contribution is 0.0933. The molecule has 0 aliphatic rings. The summed E-state index contributed by atoms with van der Waals surface area (Å²) in [5.74, 6) is -0.190. The molecule has 2 rings (SSSR count). The fourth-order valence-corrected chi connectivity index (χ4v) is 1.71. The maximum atomic E-state index is 11.7. The van der Waals surface area contributed by atoms with Crippen LogP contribution in [0.25, 0.3) is 0 Å². The molecule has 1 amide bonds. The third-order valence-corrected chi connectivity index (χ3v) is 2.73. The van der Waals surface area contributed by atoms with Crippen molar-refractivity contribution >= 4 is 5.91 Å². The molecule has 1 atom stereocenters. The molecule has 94 valence electrons. The lowest BCUT2D eigenvalue weighted by Crippen LogP contribution is -2.33. The standard InChI is InChI=1S/C13H16N4O/c1-10(7-8-11-5-3-2-4-6-11)15-13(18)12-9-14-17-16-12/h2-6,9-10H,7-8H2,1H3,(H,15,18)(H,14,16,17)/t10-/m1/s1. The summed E-state index contributed by atoms with van der Waals surface area (Å²) in [6.45, 7) is 1.99. The van der Waals surface area contributed by atoms with Crippen LogP contribution in [0.2, 0.25) is 0 Å². The Morgan fingerprint density at radius 3 is 2.83 bits per heavy atom. The average molecular weight is 244 g/mol. The molecule has 5 nitrogen and oxygen atoms in total. The maximum absolute atomic E-state index is 11.7. The summed E-state index contributed by atoms with van der Waals surface area (Å²) in [5.41, 5.74) is 1.60. The van der Waals surface area contributed by atoms with Crippen molar-refractivity contribution in [2.75, 3.05) is 0 Å². The molecule has 0 spiro atoms. The van der Waals surface area contributed by atoms with Gasteiger partial charge in [0, 0.05) is 6.04 Å². The molecule has 0 unspecified atom stereocenters. The van der Waals surface area contributed by atoms with E-state index in [1.54, 1.807) is 0 Å². The molecule has 5 heteroatoms. The number of carbonyl (C=O) groups excluding carboxylic acids is 1. The summed E-state index contributed by atoms with van der Waals surface area (Å²) >= 11 is 0. The van der Waals surface area contributed by atoms with Crippen molar-refractivity contribution in [2.45, 2.75) is 25.8 Å². The van der Waals surface area contributed by atoms with Crippen molar-refractivity contribution in [3.8, 4) is 0 Å². The Balaban J connectivity index is 1.79. The molecule has 1 heterocycles. The quantitative estimate of drug-likeness (QED) is 0.838. The molecule has 0 bridgehead atoms. The van der Waals surface area contributed by atoms with E-state index in [-0.39, 0.29) is 11.9 Å². The number of H-pyrrole nitrogens is 1. The van der Waals surface area contributed by atoms with E-state index < -0.39 is 0 Å². The van der Waals surface area contributed by atoms with Crippen LogP contribution in [0, 0.1) is 0 Å². The molecular formula is C13H16N4O. The first kappa shape index (κ1) is 12.3. The van der Waals surface area contributed by atoms with Crippen molar-refractivity contribution < 1.29 is 4.79 Å². The Labute approximate surface area is 106 Å². The minimum Gasteiger partial charge on any atom is -0.348 e. The zero-order valence-electron chi connectivity index (χ0n) is 10.3. The van der Waals surface area contributed by atoms with Crippen molar-refractivity contribution in [2.24, 2.45) is 0 Å². The van der Waals surface area contributed by atoms with E-state index in [9.17, 15) is 4.79 Å². The highest BCUT2D eigenvalue weighted by Gasteiger charge is 2.11. The predicted molar refractivity (Wildman–Crippen MR) is 68.1 cm³/mol. The summed E-state index contributed by atoms with van der Waals surface area (Å²) in [6.07, 6.45) is 3.26. The van der Waals surface area contributed by atoms with E-state index in [1.165, 1.54) is 11.8 Å². The molecule has 0 radical (unpaired) electrons. The van der Waals surface area contributed by atoms with Gasteiger partial charge >= 0.3 is 0 Å². The van der Waals surface area contributed by atoms with Gasteiger partial charge in [-0.2, -0.15) is 15.4 Å². The molecule has 2 N–H and O–H groups in total. The molecule has 0 saturated carbocycles. The number of nitrogens with zero attached hydrogens (tertiary/aromatic N) is 2. The van der Waals surface area contributed by atoms with Gasteiger partial charge in [0.05, 0.1) is 6.20 Å². The molecule has 0 aliphatic heterocycles. The van der Waals surface area contributed by atoms with Crippen LogP contribution < -0.4 is 5.32 Å². The lowest BCUT2D eigenvalue weighted by atomic mass is 10.1. The number of aromatic nitrogens is 3. The van der Waals surface area contributed by atoms with Crippen molar-refractivity contribution in [3.63, 3.8) is 0 Å². The Morgan fingerprint density at radius 1 is 1.39 bits per heavy atom. The van der Waals surface area contributed by atoms with E-state index in [4.69, 9.17) is 0 Å². The van der Waals surface area contributed by atoms with Crippen LogP contribution in [-0.2, 0) is 6.42 Å². The van der Waals surface area contributed by atoms with E-state index >= 15 is 0 Å². The Morgan fingerprint density at radius 2 is 2.17 bits per heavy atom. The summed E-state index contributed by atoms with van der Waals surface area (Å²) in [7, 11) is 0. The number of amides is 1. The first-order valence-corrected chi connectivity index (χ1v) is 5.96. The van der Waals surface area contributed by atoms with E-state index in [0.717, 1.165) is 12.8 Å². The maximum Gasteiger partial charge on any atom is 0.273 e. The number of carbonyl (C=O) groups is 1. The SMILES string of the molecule is C[C@H](CCc1ccccc1)NC(=O)c1cn[nH]n1. The molecule has 2 aromatic rings. The topological polar surface area (TPSA) is 70.7 Å². The molecule has 1 aromatic carbocycles. The highest BCUT2D eigenvalue weighted by Crippen LogP contribution is 2.05. The van der Waals surface area contributed by atoms with Crippen LogP contribution in [0.5, 0.6) is 0 Å². The largest absolute Gasteiger partial charge is 0.348 e. The highest BCUT2D eigenvalue weighted by molar-refractivity contribution is 5.91. The second-order valence-electron chi connectivity index (χ2n) is 4.25. The Hall–Kier alpha value is -2.17. The van der Waals surface area contributed by atoms with Crippen LogP contribution in [-0.4, -0.2) is 27.4 Å². The minimum absolute atomic E-state index is 0.106. The molecule has 1 aromatic heterocycles. The summed E-state index contributed by atoms with van der Waals surface area (Å²) < 4.78 is 0. The number of hydrogen-bond acceptors (Lipinski definition) is 3. The van der Waals surface area contributed by atoms with Gasteiger partial charge in [-0.15, -0.1) is 0 Å². The van der Waals surface area contributed by atoms with Gasteiger partial charge < -0.3 is 5.32 Å². The predicted octanol–water partition coefficient (Wildman–Crippen LogP) is 1.56. The minimum atomic E-state index is -0.190. The van der Waals surface area contributed by atoms with Gasteiger partial charge in [-0.05, 0) is 25.3 Å². The zero-order valence-corrected chi connectivity index (χ0v) is 10.3. The fraction of sp³-hybridized carbons (Fsp3) is 0.308. The Bertz CT molecular complexity index is 481. The first-order chi connectivity index (χ1) is 8.75. The first-order valence-electron chi connectivity index (χ1n) is 5.96. The van der Waals surface area contributed by atoms with Crippen LogP contribution in [0.4, 0.5) is 0 Å². The highest BCUT2D eigenvalue weighted by atomic mass is 16.2. The van der Waals surface area contributed by atoms with Crippen LogP contribution in [0.1, 0.15) is 29.4 Å². The number of aryl methyl sites for hydroxylation is 1.